The van der Waals surface area contributed by atoms with Crippen LogP contribution < -0.4 is 0 Å². The molecule has 0 saturated heterocycles. The Morgan fingerprint density at radius 1 is 1.63 bits per heavy atom. The Balaban J connectivity index is 2.36. The zero-order valence-electron chi connectivity index (χ0n) is 11.8. The number of carbonyl (C=O) groups is 1. The lowest BCUT2D eigenvalue weighted by Crippen LogP contribution is -2.35. The van der Waals surface area contributed by atoms with E-state index in [-0.39, 0.29) is 17.3 Å². The largest absolute Gasteiger partial charge is 0.469 e. The SMILES string of the molecule is C=CC1(C)Cc2occ(C)c2CC1C(=C)OC(C)=O. The van der Waals surface area contributed by atoms with Gasteiger partial charge in [-0.1, -0.05) is 19.6 Å². The molecule has 0 fully saturated rings. The number of esters is 1. The van der Waals surface area contributed by atoms with Gasteiger partial charge in [0.2, 0.25) is 0 Å². The van der Waals surface area contributed by atoms with E-state index >= 15 is 0 Å². The summed E-state index contributed by atoms with van der Waals surface area (Å²) in [7, 11) is 0. The van der Waals surface area contributed by atoms with Gasteiger partial charge in [-0.3, -0.25) is 4.79 Å². The highest BCUT2D eigenvalue weighted by atomic mass is 16.5. The van der Waals surface area contributed by atoms with Gasteiger partial charge in [0.05, 0.1) is 6.26 Å². The van der Waals surface area contributed by atoms with Crippen LogP contribution in [0.1, 0.15) is 30.7 Å². The molecule has 0 bridgehead atoms. The number of carbonyl (C=O) groups excluding carboxylic acids is 1. The Labute approximate surface area is 113 Å². The fourth-order valence-corrected chi connectivity index (χ4v) is 2.80. The molecule has 0 aliphatic heterocycles. The lowest BCUT2D eigenvalue weighted by molar-refractivity contribution is -0.138. The van der Waals surface area contributed by atoms with Gasteiger partial charge in [0, 0.05) is 24.7 Å². The van der Waals surface area contributed by atoms with Crippen LogP contribution in [0.2, 0.25) is 0 Å². The second-order valence-corrected chi connectivity index (χ2v) is 5.52. The van der Waals surface area contributed by atoms with Crippen LogP contribution in [0.15, 0.2) is 35.7 Å². The molecule has 102 valence electrons. The Bertz CT molecular complexity index is 538. The first-order chi connectivity index (χ1) is 8.87. The number of fused-ring (bicyclic) bond motifs is 1. The molecule has 1 aromatic heterocycles. The summed E-state index contributed by atoms with van der Waals surface area (Å²) in [4.78, 5) is 11.1. The molecule has 0 N–H and O–H groups in total. The number of ether oxygens (including phenoxy) is 1. The lowest BCUT2D eigenvalue weighted by Gasteiger charge is -2.38. The van der Waals surface area contributed by atoms with E-state index in [2.05, 4.69) is 20.1 Å². The predicted molar refractivity (Wildman–Crippen MR) is 73.6 cm³/mol. The first-order valence-electron chi connectivity index (χ1n) is 6.44. The van der Waals surface area contributed by atoms with Crippen LogP contribution >= 0.6 is 0 Å². The Kier molecular flexibility index (Phi) is 3.40. The third-order valence-electron chi connectivity index (χ3n) is 4.07. The van der Waals surface area contributed by atoms with Crippen molar-refractivity contribution in [1.82, 2.24) is 0 Å². The lowest BCUT2D eigenvalue weighted by atomic mass is 9.66. The van der Waals surface area contributed by atoms with E-state index in [4.69, 9.17) is 9.15 Å². The minimum atomic E-state index is -0.328. The van der Waals surface area contributed by atoms with E-state index in [9.17, 15) is 4.79 Å². The standard InChI is InChI=1S/C16H20O3/c1-6-16(5)8-15-13(10(2)9-18-15)7-14(16)11(3)19-12(4)17/h6,9,14H,1,3,7-8H2,2,4-5H3. The first kappa shape index (κ1) is 13.7. The second-order valence-electron chi connectivity index (χ2n) is 5.52. The highest BCUT2D eigenvalue weighted by Crippen LogP contribution is 2.45. The molecule has 1 aliphatic rings. The molecule has 0 saturated carbocycles. The molecular formula is C16H20O3. The molecule has 1 heterocycles. The van der Waals surface area contributed by atoms with Crippen molar-refractivity contribution in [2.24, 2.45) is 11.3 Å². The van der Waals surface area contributed by atoms with E-state index < -0.39 is 0 Å². The minimum absolute atomic E-state index is 0.0395. The summed E-state index contributed by atoms with van der Waals surface area (Å²) < 4.78 is 10.8. The molecule has 0 radical (unpaired) electrons. The first-order valence-corrected chi connectivity index (χ1v) is 6.44. The smallest absolute Gasteiger partial charge is 0.307 e. The molecule has 2 rings (SSSR count). The van der Waals surface area contributed by atoms with Crippen LogP contribution in [0.3, 0.4) is 0 Å². The van der Waals surface area contributed by atoms with Crippen molar-refractivity contribution in [2.45, 2.75) is 33.6 Å². The number of rotatable bonds is 3. The van der Waals surface area contributed by atoms with Gasteiger partial charge < -0.3 is 9.15 Å². The zero-order chi connectivity index (χ0) is 14.2. The van der Waals surface area contributed by atoms with Crippen molar-refractivity contribution >= 4 is 5.97 Å². The summed E-state index contributed by atoms with van der Waals surface area (Å²) in [6.07, 6.45) is 5.22. The quantitative estimate of drug-likeness (QED) is 0.474. The minimum Gasteiger partial charge on any atom is -0.469 e. The van der Waals surface area contributed by atoms with E-state index in [0.29, 0.717) is 5.76 Å². The van der Waals surface area contributed by atoms with Gasteiger partial charge in [0.25, 0.3) is 0 Å². The van der Waals surface area contributed by atoms with Crippen LogP contribution in [0.4, 0.5) is 0 Å². The topological polar surface area (TPSA) is 39.4 Å². The number of aryl methyl sites for hydroxylation is 1. The summed E-state index contributed by atoms with van der Waals surface area (Å²) >= 11 is 0. The van der Waals surface area contributed by atoms with Crippen LogP contribution in [-0.2, 0) is 22.4 Å². The number of hydrogen-bond donors (Lipinski definition) is 0. The summed E-state index contributed by atoms with van der Waals surface area (Å²) in [5.74, 6) is 1.23. The maximum Gasteiger partial charge on any atom is 0.307 e. The van der Waals surface area contributed by atoms with E-state index in [1.807, 2.05) is 13.0 Å². The molecule has 0 spiro atoms. The van der Waals surface area contributed by atoms with Crippen LogP contribution in [-0.4, -0.2) is 5.97 Å². The van der Waals surface area contributed by atoms with Gasteiger partial charge in [-0.25, -0.2) is 0 Å². The van der Waals surface area contributed by atoms with Crippen molar-refractivity contribution < 1.29 is 13.9 Å². The summed E-state index contributed by atoms with van der Waals surface area (Å²) in [6.45, 7) is 13.4. The monoisotopic (exact) mass is 260 g/mol. The van der Waals surface area contributed by atoms with Gasteiger partial charge in [-0.05, 0) is 24.5 Å². The van der Waals surface area contributed by atoms with Gasteiger partial charge in [-0.2, -0.15) is 0 Å². The molecule has 1 aromatic rings. The highest BCUT2D eigenvalue weighted by Gasteiger charge is 2.41. The summed E-state index contributed by atoms with van der Waals surface area (Å²) in [5.41, 5.74) is 2.14. The third kappa shape index (κ3) is 2.37. The van der Waals surface area contributed by atoms with Gasteiger partial charge in [0.1, 0.15) is 11.5 Å². The normalized spacial score (nSPS) is 25.5. The van der Waals surface area contributed by atoms with Crippen molar-refractivity contribution in [3.8, 4) is 0 Å². The zero-order valence-corrected chi connectivity index (χ0v) is 11.8. The molecule has 3 nitrogen and oxygen atoms in total. The Morgan fingerprint density at radius 2 is 2.32 bits per heavy atom. The number of hydrogen-bond acceptors (Lipinski definition) is 3. The van der Waals surface area contributed by atoms with Crippen molar-refractivity contribution in [3.05, 3.63) is 48.1 Å². The highest BCUT2D eigenvalue weighted by molar-refractivity contribution is 5.67. The summed E-state index contributed by atoms with van der Waals surface area (Å²) in [6, 6.07) is 0. The van der Waals surface area contributed by atoms with Crippen molar-refractivity contribution in [1.29, 1.82) is 0 Å². The van der Waals surface area contributed by atoms with E-state index in [1.54, 1.807) is 6.26 Å². The van der Waals surface area contributed by atoms with Crippen molar-refractivity contribution in [3.63, 3.8) is 0 Å². The van der Waals surface area contributed by atoms with Crippen LogP contribution in [0, 0.1) is 18.3 Å². The molecular weight excluding hydrogens is 240 g/mol. The molecule has 3 heteroatoms. The van der Waals surface area contributed by atoms with Gasteiger partial charge in [0.15, 0.2) is 0 Å². The fourth-order valence-electron chi connectivity index (χ4n) is 2.80. The maximum absolute atomic E-state index is 11.1. The van der Waals surface area contributed by atoms with Gasteiger partial charge in [-0.15, -0.1) is 6.58 Å². The molecule has 0 amide bonds. The maximum atomic E-state index is 11.1. The van der Waals surface area contributed by atoms with Gasteiger partial charge >= 0.3 is 5.97 Å². The van der Waals surface area contributed by atoms with Crippen molar-refractivity contribution in [2.75, 3.05) is 0 Å². The Hall–Kier alpha value is -1.77. The molecule has 2 atom stereocenters. The average Bonchev–Trinajstić information content (AvgIpc) is 2.68. The van der Waals surface area contributed by atoms with E-state index in [0.717, 1.165) is 24.2 Å². The number of allylic oxidation sites excluding steroid dienone is 2. The predicted octanol–water partition coefficient (Wildman–Crippen LogP) is 3.57. The molecule has 2 unspecified atom stereocenters. The third-order valence-corrected chi connectivity index (χ3v) is 4.07. The Morgan fingerprint density at radius 3 is 2.89 bits per heavy atom. The van der Waals surface area contributed by atoms with Crippen LogP contribution in [0.25, 0.3) is 0 Å². The fraction of sp³-hybridized carbons (Fsp3) is 0.438. The average molecular weight is 260 g/mol. The van der Waals surface area contributed by atoms with Crippen LogP contribution in [0.5, 0.6) is 0 Å². The van der Waals surface area contributed by atoms with E-state index in [1.165, 1.54) is 12.5 Å². The summed E-state index contributed by atoms with van der Waals surface area (Å²) in [5, 5.41) is 0. The number of furan rings is 1. The molecule has 0 aromatic carbocycles. The molecule has 1 aliphatic carbocycles. The second kappa shape index (κ2) is 4.72. The molecule has 19 heavy (non-hydrogen) atoms.